The molecule has 1 saturated heterocycles. The van der Waals surface area contributed by atoms with E-state index in [1.165, 1.54) is 5.56 Å². The Kier molecular flexibility index (Phi) is 5.91. The first kappa shape index (κ1) is 22.1. The summed E-state index contributed by atoms with van der Waals surface area (Å²) < 4.78 is 10.2. The monoisotopic (exact) mass is 484 g/mol. The topological polar surface area (TPSA) is 73.5 Å². The summed E-state index contributed by atoms with van der Waals surface area (Å²) in [5.41, 5.74) is 6.65. The van der Waals surface area contributed by atoms with Crippen molar-refractivity contribution in [2.24, 2.45) is 0 Å². The van der Waals surface area contributed by atoms with Crippen molar-refractivity contribution >= 4 is 22.7 Å². The number of nitrogens with zero attached hydrogens (tertiary/aromatic N) is 5. The van der Waals surface area contributed by atoms with Gasteiger partial charge in [0.25, 0.3) is 0 Å². The second-order valence-corrected chi connectivity index (χ2v) is 10.0. The summed E-state index contributed by atoms with van der Waals surface area (Å²) in [7, 11) is 0. The van der Waals surface area contributed by atoms with Gasteiger partial charge in [0.05, 0.1) is 24.0 Å². The van der Waals surface area contributed by atoms with Crippen LogP contribution in [0.3, 0.4) is 0 Å². The number of aromatic nitrogens is 6. The van der Waals surface area contributed by atoms with E-state index in [-0.39, 0.29) is 6.10 Å². The fraction of sp³-hybridized carbons (Fsp3) is 0.296. The number of benzene rings is 2. The number of nitrogens with one attached hydrogen (secondary N) is 1. The van der Waals surface area contributed by atoms with Crippen LogP contribution in [0.15, 0.2) is 66.0 Å². The van der Waals surface area contributed by atoms with E-state index in [2.05, 4.69) is 80.3 Å². The van der Waals surface area contributed by atoms with Crippen LogP contribution in [-0.4, -0.2) is 42.2 Å². The molecule has 0 saturated carbocycles. The summed E-state index contributed by atoms with van der Waals surface area (Å²) >= 11 is 1.72. The number of H-pyrrole nitrogens is 1. The molecule has 1 aliphatic rings. The number of hydrogen-bond donors (Lipinski definition) is 1. The highest BCUT2D eigenvalue weighted by Crippen LogP contribution is 2.32. The van der Waals surface area contributed by atoms with Gasteiger partial charge in [-0.05, 0) is 56.5 Å². The Bertz CT molecular complexity index is 1460. The first-order chi connectivity index (χ1) is 17.2. The third-order valence-corrected chi connectivity index (χ3v) is 7.55. The molecule has 5 aromatic rings. The molecule has 1 atom stereocenters. The Morgan fingerprint density at radius 3 is 2.71 bits per heavy atom. The molecule has 178 valence electrons. The molecule has 6 rings (SSSR count). The van der Waals surface area contributed by atoms with Crippen molar-refractivity contribution < 1.29 is 4.74 Å². The maximum Gasteiger partial charge on any atom is 0.191 e. The van der Waals surface area contributed by atoms with Gasteiger partial charge in [0, 0.05) is 40.7 Å². The highest BCUT2D eigenvalue weighted by molar-refractivity contribution is 7.98. The van der Waals surface area contributed by atoms with Gasteiger partial charge in [0.2, 0.25) is 0 Å². The van der Waals surface area contributed by atoms with Crippen molar-refractivity contribution in [2.75, 3.05) is 6.61 Å². The molecule has 0 radical (unpaired) electrons. The number of hydrogen-bond acceptors (Lipinski definition) is 5. The molecule has 8 heteroatoms. The van der Waals surface area contributed by atoms with E-state index in [1.54, 1.807) is 11.8 Å². The molecule has 1 unspecified atom stereocenters. The summed E-state index contributed by atoms with van der Waals surface area (Å²) in [6, 6.07) is 19.0. The van der Waals surface area contributed by atoms with Crippen LogP contribution in [-0.2, 0) is 17.0 Å². The maximum absolute atomic E-state index is 5.97. The minimum atomic E-state index is 0.203. The second-order valence-electron chi connectivity index (χ2n) is 9.09. The van der Waals surface area contributed by atoms with Crippen molar-refractivity contribution in [3.8, 4) is 17.1 Å². The molecule has 1 N–H and O–H groups in total. The van der Waals surface area contributed by atoms with Gasteiger partial charge in [0.15, 0.2) is 11.0 Å². The molecule has 0 amide bonds. The average Bonchev–Trinajstić information content (AvgIpc) is 3.66. The molecule has 0 spiro atoms. The zero-order valence-corrected chi connectivity index (χ0v) is 20.8. The number of thioether (sulfide) groups is 1. The quantitative estimate of drug-likeness (QED) is 0.300. The van der Waals surface area contributed by atoms with E-state index in [4.69, 9.17) is 4.74 Å². The third-order valence-electron chi connectivity index (χ3n) is 6.52. The molecular weight excluding hydrogens is 456 g/mol. The lowest BCUT2D eigenvalue weighted by molar-refractivity contribution is 0.0953. The molecule has 0 bridgehead atoms. The molecule has 1 fully saturated rings. The predicted molar refractivity (Wildman–Crippen MR) is 139 cm³/mol. The summed E-state index contributed by atoms with van der Waals surface area (Å²) in [5.74, 6) is 1.70. The molecule has 4 heterocycles. The van der Waals surface area contributed by atoms with Crippen molar-refractivity contribution in [3.05, 3.63) is 77.7 Å². The Morgan fingerprint density at radius 2 is 1.94 bits per heavy atom. The summed E-state index contributed by atoms with van der Waals surface area (Å²) in [6.07, 6.45) is 4.42. The van der Waals surface area contributed by atoms with Crippen LogP contribution >= 0.6 is 11.8 Å². The molecule has 7 nitrogen and oxygen atoms in total. The van der Waals surface area contributed by atoms with Crippen LogP contribution < -0.4 is 0 Å². The Labute approximate surface area is 208 Å². The molecule has 35 heavy (non-hydrogen) atoms. The zero-order chi connectivity index (χ0) is 23.8. The fourth-order valence-corrected chi connectivity index (χ4v) is 5.68. The van der Waals surface area contributed by atoms with Gasteiger partial charge >= 0.3 is 0 Å². The van der Waals surface area contributed by atoms with Gasteiger partial charge in [-0.15, -0.1) is 10.2 Å². The van der Waals surface area contributed by atoms with E-state index < -0.39 is 0 Å². The van der Waals surface area contributed by atoms with Gasteiger partial charge in [-0.3, -0.25) is 4.57 Å². The van der Waals surface area contributed by atoms with E-state index in [0.717, 1.165) is 76.3 Å². The number of fused-ring (bicyclic) bond motifs is 1. The van der Waals surface area contributed by atoms with Crippen molar-refractivity contribution in [1.82, 2.24) is 29.5 Å². The smallest absolute Gasteiger partial charge is 0.191 e. The number of ether oxygens (including phenoxy) is 1. The van der Waals surface area contributed by atoms with Crippen molar-refractivity contribution in [3.63, 3.8) is 0 Å². The van der Waals surface area contributed by atoms with Gasteiger partial charge in [-0.2, -0.15) is 5.10 Å². The highest BCUT2D eigenvalue weighted by atomic mass is 32.2. The molecule has 2 aromatic carbocycles. The summed E-state index contributed by atoms with van der Waals surface area (Å²) in [6.45, 7) is 5.70. The van der Waals surface area contributed by atoms with Crippen LogP contribution in [0.5, 0.6) is 0 Å². The first-order valence-corrected chi connectivity index (χ1v) is 13.0. The van der Waals surface area contributed by atoms with Crippen LogP contribution in [0, 0.1) is 13.8 Å². The summed E-state index contributed by atoms with van der Waals surface area (Å²) in [4.78, 5) is 3.37. The van der Waals surface area contributed by atoms with E-state index in [9.17, 15) is 0 Å². The number of aromatic amines is 1. The van der Waals surface area contributed by atoms with Crippen LogP contribution in [0.1, 0.15) is 29.8 Å². The first-order valence-electron chi connectivity index (χ1n) is 12.0. The minimum Gasteiger partial charge on any atom is -0.376 e. The molecule has 1 aliphatic heterocycles. The van der Waals surface area contributed by atoms with Crippen LogP contribution in [0.2, 0.25) is 0 Å². The lowest BCUT2D eigenvalue weighted by Crippen LogP contribution is -2.16. The average molecular weight is 485 g/mol. The SMILES string of the molecule is Cc1cc(C)n(-c2ccc(CSc3nnc(-c4c[nH]c5ccccc45)n3CC3CCCO3)cc2)n1. The Hall–Kier alpha value is -3.36. The predicted octanol–water partition coefficient (Wildman–Crippen LogP) is 5.70. The van der Waals surface area contributed by atoms with E-state index in [1.807, 2.05) is 23.9 Å². The number of aryl methyl sites for hydroxylation is 2. The second kappa shape index (κ2) is 9.36. The fourth-order valence-electron chi connectivity index (χ4n) is 4.78. The van der Waals surface area contributed by atoms with Crippen molar-refractivity contribution in [2.45, 2.75) is 50.2 Å². The molecular formula is C27H28N6OS. The zero-order valence-electron chi connectivity index (χ0n) is 19.9. The molecule has 3 aromatic heterocycles. The lowest BCUT2D eigenvalue weighted by atomic mass is 10.1. The normalized spacial score (nSPS) is 15.9. The lowest BCUT2D eigenvalue weighted by Gasteiger charge is -2.14. The standard InChI is InChI=1S/C27H28N6OS/c1-18-14-19(2)33(31-18)21-11-9-20(10-12-21)17-35-27-30-29-26(32(27)16-22-6-5-13-34-22)24-15-28-25-8-4-3-7-23(24)25/h3-4,7-12,14-15,22,28H,5-6,13,16-17H2,1-2H3. The largest absolute Gasteiger partial charge is 0.376 e. The van der Waals surface area contributed by atoms with Crippen LogP contribution in [0.4, 0.5) is 0 Å². The summed E-state index contributed by atoms with van der Waals surface area (Å²) in [5, 5.41) is 15.9. The Balaban J connectivity index is 1.26. The van der Waals surface area contributed by atoms with Crippen molar-refractivity contribution in [1.29, 1.82) is 0 Å². The highest BCUT2D eigenvalue weighted by Gasteiger charge is 2.23. The maximum atomic E-state index is 5.97. The van der Waals surface area contributed by atoms with E-state index in [0.29, 0.717) is 0 Å². The van der Waals surface area contributed by atoms with Gasteiger partial charge in [-0.1, -0.05) is 42.1 Å². The molecule has 0 aliphatic carbocycles. The van der Waals surface area contributed by atoms with E-state index >= 15 is 0 Å². The van der Waals surface area contributed by atoms with Crippen LogP contribution in [0.25, 0.3) is 28.0 Å². The Morgan fingerprint density at radius 1 is 1.09 bits per heavy atom. The third kappa shape index (κ3) is 4.39. The van der Waals surface area contributed by atoms with Gasteiger partial charge < -0.3 is 9.72 Å². The van der Waals surface area contributed by atoms with Gasteiger partial charge in [-0.25, -0.2) is 4.68 Å². The minimum absolute atomic E-state index is 0.203. The van der Waals surface area contributed by atoms with Gasteiger partial charge in [0.1, 0.15) is 0 Å². The number of para-hydroxylation sites is 1. The number of rotatable bonds is 7.